The molecular formula is C92H61Cl3IN9O4P8. The van der Waals surface area contributed by atoms with Gasteiger partial charge >= 0.3 is 12.2 Å². The van der Waals surface area contributed by atoms with Crippen molar-refractivity contribution in [2.24, 2.45) is 0 Å². The first kappa shape index (κ1) is 109. The van der Waals surface area contributed by atoms with Crippen LogP contribution >= 0.6 is 125 Å². The molecular weight excluding hydrogens is 1780 g/mol. The van der Waals surface area contributed by atoms with Gasteiger partial charge in [0.15, 0.2) is 5.15 Å². The Kier molecular flexibility index (Phi) is 70.8. The normalized spacial score (nSPS) is 9.25. The van der Waals surface area contributed by atoms with Gasteiger partial charge < -0.3 is 24.6 Å². The Morgan fingerprint density at radius 2 is 0.632 bits per heavy atom. The van der Waals surface area contributed by atoms with Crippen LogP contribution < -0.4 is 5.32 Å². The third-order valence-corrected chi connectivity index (χ3v) is 49.2. The molecule has 3 fully saturated rings. The summed E-state index contributed by atoms with van der Waals surface area (Å²) in [6.07, 6.45) is 19.1. The molecule has 2 amide bonds. The van der Waals surface area contributed by atoms with Gasteiger partial charge in [0.1, 0.15) is 11.2 Å². The fourth-order valence-electron chi connectivity index (χ4n) is 5.71. The van der Waals surface area contributed by atoms with Crippen LogP contribution in [0.15, 0.2) is 55.0 Å². The number of halogens is 4. The predicted octanol–water partition coefficient (Wildman–Crippen LogP) is 11.2. The molecule has 3 aromatic heterocycles. The zero-order chi connectivity index (χ0) is 84.8. The zero-order valence-corrected chi connectivity index (χ0v) is 76.4. The van der Waals surface area contributed by atoms with Gasteiger partial charge in [0, 0.05) is 287 Å². The molecule has 3 aliphatic heterocycles. The van der Waals surface area contributed by atoms with E-state index in [-0.39, 0.29) is 69.5 Å². The molecule has 3 aromatic rings. The highest BCUT2D eigenvalue weighted by Crippen LogP contribution is 3.00. The number of alkyl halides is 1. The summed E-state index contributed by atoms with van der Waals surface area (Å²) in [5.74, 6) is 141. The number of nitrogens with one attached hydrogen (secondary N) is 1. The summed E-state index contributed by atoms with van der Waals surface area (Å²) in [6.45, 7) is 18.5. The lowest BCUT2D eigenvalue weighted by atomic mass is 9.97. The Hall–Kier alpha value is -12.4. The highest BCUT2D eigenvalue weighted by atomic mass is 127. The number of aromatic nitrogens is 6. The Morgan fingerprint density at radius 1 is 0.402 bits per heavy atom. The van der Waals surface area contributed by atoms with E-state index < -0.39 is 5.60 Å². The second-order valence-electron chi connectivity index (χ2n) is 21.2. The van der Waals surface area contributed by atoms with Gasteiger partial charge in [-0.3, -0.25) is 0 Å². The summed E-state index contributed by atoms with van der Waals surface area (Å²) >= 11 is 7.70. The molecule has 5 unspecified atom stereocenters. The van der Waals surface area contributed by atoms with Gasteiger partial charge in [-0.15, -0.1) is 93.8 Å². The molecule has 0 saturated carbocycles. The van der Waals surface area contributed by atoms with Gasteiger partial charge in [-0.25, -0.2) is 9.59 Å². The third-order valence-electron chi connectivity index (χ3n) is 10.4. The molecule has 3 aliphatic rings. The fourth-order valence-corrected chi connectivity index (χ4v) is 35.6. The van der Waals surface area contributed by atoms with E-state index in [1.807, 2.05) is 65.8 Å². The number of carbonyl (C=O) groups excluding carboxylic acids is 2. The number of nitrogens with zero attached hydrogens (tertiary/aromatic N) is 8. The molecule has 13 nitrogen and oxygen atoms in total. The van der Waals surface area contributed by atoms with Crippen LogP contribution in [0.5, 0.6) is 0 Å². The van der Waals surface area contributed by atoms with Crippen molar-refractivity contribution in [1.82, 2.24) is 45.7 Å². The van der Waals surface area contributed by atoms with E-state index in [4.69, 9.17) is 40.3 Å². The molecule has 566 valence electrons. The van der Waals surface area contributed by atoms with E-state index in [1.165, 1.54) is 0 Å². The third kappa shape index (κ3) is 71.1. The highest BCUT2D eigenvalue weighted by molar-refractivity contribution is 14.1. The number of terminal acetylenes is 3. The number of amides is 2. The minimum absolute atomic E-state index is 0. The monoisotopic (exact) mass is 1840 g/mol. The van der Waals surface area contributed by atoms with Crippen molar-refractivity contribution >= 4 is 137 Å². The first-order chi connectivity index (χ1) is 55.6. The second-order valence-corrected chi connectivity index (χ2v) is 51.4. The molecule has 0 aliphatic carbocycles. The van der Waals surface area contributed by atoms with Gasteiger partial charge in [0.05, 0.1) is 11.4 Å². The number of hydrogen-bond acceptors (Lipinski definition) is 11. The van der Waals surface area contributed by atoms with Crippen LogP contribution in [0.4, 0.5) is 9.59 Å². The number of rotatable bonds is 4. The molecule has 3 saturated heterocycles. The van der Waals surface area contributed by atoms with Crippen LogP contribution in [0.1, 0.15) is 71.7 Å². The Balaban J connectivity index is -0.00000162. The largest absolute Gasteiger partial charge is 0.444 e. The van der Waals surface area contributed by atoms with Crippen LogP contribution in [0.3, 0.4) is 0 Å². The Bertz CT molecular complexity index is 5750. The highest BCUT2D eigenvalue weighted by Gasteiger charge is 2.35. The minimum atomic E-state index is -0.436. The zero-order valence-electron chi connectivity index (χ0n) is 63.4. The maximum atomic E-state index is 11.7. The number of ether oxygens (including phenoxy) is 2. The summed E-state index contributed by atoms with van der Waals surface area (Å²) in [7, 11) is 14.4. The molecule has 5 atom stereocenters. The van der Waals surface area contributed by atoms with Gasteiger partial charge in [-0.05, 0) is 224 Å². The first-order valence-corrected chi connectivity index (χ1v) is 46.9. The van der Waals surface area contributed by atoms with Crippen molar-refractivity contribution in [3.8, 4) is 357 Å². The number of carbonyl (C=O) groups is 2. The summed E-state index contributed by atoms with van der Waals surface area (Å²) < 4.78 is 11.1. The topological polar surface area (TPSA) is 148 Å². The summed E-state index contributed by atoms with van der Waals surface area (Å²) in [5.41, 5.74) is 1.25. The minimum Gasteiger partial charge on any atom is -0.444 e. The molecule has 0 radical (unpaired) electrons. The standard InChI is InChI=1S/C54H2.C12H17N3O2.C8H14INO2.C7H9N3.C7H4.C4H3ClN2.2ClH.H10P8/c1-3-5-7-9-11-13-15-17-19-21-23-25-27-29-31-33-35-37-39-41-43-45-47-49-51-53-54-52-50-48-46-44-42-40-38-36-34-32-30-28-26-24-22-20-18-16-14-12-10-8-6-4-2;1-12(2,3)17-11(16)15-7-9(8-15)10-5-4-6-13-14-10;1-8(2,3)12-7(11)10-4-6(9)5-10;1-2-7(10-9-3-1)6-4-8-5-6;1-3-5-7-6-4-2;5-4-2-1-3-6-7-4;;;1-6(2)8(5)7(3)4/h1-2H;4-6,9H,7-8H2,1-3H3;6H,4-5H2,1-3H3;1-3,6,8H,4-5H2;1H,2H3;1-3H;2*1H;1-5H2. The lowest BCUT2D eigenvalue weighted by Gasteiger charge is -2.39. The van der Waals surface area contributed by atoms with Gasteiger partial charge in [-0.1, -0.05) is 40.1 Å². The average molecular weight is 1840 g/mol. The Labute approximate surface area is 738 Å². The average Bonchev–Trinajstić information content (AvgIpc) is 0.810. The lowest BCUT2D eigenvalue weighted by Crippen LogP contribution is -2.52. The van der Waals surface area contributed by atoms with Crippen molar-refractivity contribution in [2.75, 3.05) is 39.3 Å². The summed E-state index contributed by atoms with van der Waals surface area (Å²) in [5, 5.41) is 26.3. The molecule has 6 rings (SSSR count). The molecule has 25 heteroatoms. The Morgan fingerprint density at radius 3 is 0.795 bits per heavy atom. The van der Waals surface area contributed by atoms with Gasteiger partial charge in [0.25, 0.3) is 0 Å². The second kappa shape index (κ2) is 76.2. The molecule has 0 bridgehead atoms. The van der Waals surface area contributed by atoms with E-state index >= 15 is 0 Å². The maximum absolute atomic E-state index is 11.7. The number of hydrogen-bond donors (Lipinski definition) is 1. The van der Waals surface area contributed by atoms with Gasteiger partial charge in [0.2, 0.25) is 0 Å². The smallest absolute Gasteiger partial charge is 0.410 e. The molecule has 6 heterocycles. The van der Waals surface area contributed by atoms with Crippen molar-refractivity contribution in [3.63, 3.8) is 0 Å². The fraction of sp³-hybridized carbons (Fsp3) is 0.196. The quantitative estimate of drug-likeness (QED) is 0.115. The molecule has 0 aromatic carbocycles. The van der Waals surface area contributed by atoms with Crippen LogP contribution in [-0.2, 0) is 9.47 Å². The van der Waals surface area contributed by atoms with E-state index in [1.54, 1.807) is 47.4 Å². The lowest BCUT2D eigenvalue weighted by molar-refractivity contribution is 0.00767. The predicted molar refractivity (Wildman–Crippen MR) is 509 cm³/mol. The van der Waals surface area contributed by atoms with Gasteiger partial charge in [-0.2, -0.15) is 25.5 Å². The van der Waals surface area contributed by atoms with E-state index in [0.29, 0.717) is 28.1 Å². The molecule has 0 spiro atoms. The first-order valence-electron chi connectivity index (χ1n) is 31.8. The molecule has 117 heavy (non-hydrogen) atoms. The maximum Gasteiger partial charge on any atom is 0.410 e. The van der Waals surface area contributed by atoms with Crippen molar-refractivity contribution in [1.29, 1.82) is 0 Å². The van der Waals surface area contributed by atoms with Crippen LogP contribution in [0.2, 0.25) is 5.15 Å². The van der Waals surface area contributed by atoms with Crippen molar-refractivity contribution in [3.05, 3.63) is 71.5 Å². The summed E-state index contributed by atoms with van der Waals surface area (Å²) in [4.78, 5) is 26.4. The van der Waals surface area contributed by atoms with Crippen LogP contribution in [0.25, 0.3) is 0 Å². The SMILES string of the molecule is C#CC#CC#CC.C#CC#CC#CC#CC#CC#CC#CC#CC#CC#CC#CC#CC#CC#CC#CC#CC#CC#CC#CC#CC#CC#CC#CC#CC#CC#CC#C.CC(C)(C)OC(=O)N1CC(I)C1.CC(C)(C)OC(=O)N1CC(c2cccnn2)C1.Cl.Cl.Clc1cccnn1.PP(P)P(P)P(P)P.c1cnnc(C2CNC2)c1. The summed E-state index contributed by atoms with van der Waals surface area (Å²) in [6, 6.07) is 11.2. The van der Waals surface area contributed by atoms with E-state index in [9.17, 15) is 9.59 Å². The van der Waals surface area contributed by atoms with Crippen molar-refractivity contribution < 1.29 is 19.1 Å². The van der Waals surface area contributed by atoms with Crippen LogP contribution in [0, 0.1) is 357 Å². The van der Waals surface area contributed by atoms with Crippen molar-refractivity contribution in [2.45, 2.75) is 75.4 Å². The van der Waals surface area contributed by atoms with E-state index in [2.05, 4.69) is 441 Å². The molecule has 1 N–H and O–H groups in total. The van der Waals surface area contributed by atoms with E-state index in [0.717, 1.165) is 37.6 Å². The van der Waals surface area contributed by atoms with Crippen LogP contribution in [-0.4, -0.2) is 107 Å². The number of likely N-dealkylation sites (tertiary alicyclic amines) is 2.